The van der Waals surface area contributed by atoms with E-state index >= 15 is 0 Å². The summed E-state index contributed by atoms with van der Waals surface area (Å²) in [7, 11) is -1.11. The molecule has 1 heterocycles. The summed E-state index contributed by atoms with van der Waals surface area (Å²) in [5, 5.41) is 13.6. The Labute approximate surface area is 102 Å². The summed E-state index contributed by atoms with van der Waals surface area (Å²) in [6.07, 6.45) is -2.44. The van der Waals surface area contributed by atoms with Gasteiger partial charge in [0.15, 0.2) is 12.3 Å². The molecule has 0 aliphatic rings. The summed E-state index contributed by atoms with van der Waals surface area (Å²) < 4.78 is 29.4. The van der Waals surface area contributed by atoms with E-state index < -0.39 is 35.6 Å². The minimum Gasteiger partial charge on any atom is -0.543 e. The van der Waals surface area contributed by atoms with E-state index in [1.165, 1.54) is 0 Å². The molecule has 0 fully saturated rings. The summed E-state index contributed by atoms with van der Waals surface area (Å²) in [5.41, 5.74) is 0.338. The van der Waals surface area contributed by atoms with E-state index in [9.17, 15) is 23.5 Å². The van der Waals surface area contributed by atoms with Crippen LogP contribution in [0.3, 0.4) is 0 Å². The molecule has 11 heteroatoms. The van der Waals surface area contributed by atoms with Gasteiger partial charge in [-0.25, -0.2) is 8.78 Å². The van der Waals surface area contributed by atoms with Crippen molar-refractivity contribution in [3.63, 3.8) is 0 Å². The zero-order valence-corrected chi connectivity index (χ0v) is 9.39. The summed E-state index contributed by atoms with van der Waals surface area (Å²) >= 11 is 0. The highest BCUT2D eigenvalue weighted by Crippen LogP contribution is 2.08. The van der Waals surface area contributed by atoms with Crippen LogP contribution in [0.25, 0.3) is 0 Å². The summed E-state index contributed by atoms with van der Waals surface area (Å²) in [6.45, 7) is -1.06. The van der Waals surface area contributed by atoms with Crippen LogP contribution in [0, 0.1) is 0 Å². The topological polar surface area (TPSA) is 117 Å². The molecular weight excluding hydrogens is 274 g/mol. The predicted molar refractivity (Wildman–Crippen MR) is 53.4 cm³/mol. The van der Waals surface area contributed by atoms with Crippen molar-refractivity contribution in [1.82, 2.24) is 9.36 Å². The van der Waals surface area contributed by atoms with E-state index in [4.69, 9.17) is 0 Å². The van der Waals surface area contributed by atoms with Gasteiger partial charge in [-0.05, 0) is 0 Å². The molecule has 1 unspecified atom stereocenters. The molecule has 0 saturated carbocycles. The number of amides is 1. The van der Waals surface area contributed by atoms with Crippen LogP contribution in [0.5, 0.6) is 0 Å². The van der Waals surface area contributed by atoms with Gasteiger partial charge in [-0.2, -0.15) is 4.98 Å². The number of halogens is 2. The number of aromatic nitrogens is 2. The van der Waals surface area contributed by atoms with Crippen molar-refractivity contribution < 1.29 is 28.3 Å². The van der Waals surface area contributed by atoms with Gasteiger partial charge in [0.2, 0.25) is 16.7 Å². The van der Waals surface area contributed by atoms with Crippen molar-refractivity contribution in [2.45, 2.75) is 6.43 Å². The SMILES string of the molecule is O=CN[s+]1cnc(C(=NOCC(F)F)C(=O)[O-])n1. The molecule has 0 bridgehead atoms. The van der Waals surface area contributed by atoms with Gasteiger partial charge in [0.1, 0.15) is 0 Å². The Hall–Kier alpha value is -2.17. The highest BCUT2D eigenvalue weighted by atomic mass is 32.2. The van der Waals surface area contributed by atoms with Crippen LogP contribution in [-0.4, -0.2) is 40.5 Å². The number of carbonyl (C=O) groups excluding carboxylic acids is 2. The largest absolute Gasteiger partial charge is 0.543 e. The van der Waals surface area contributed by atoms with E-state index in [2.05, 4.69) is 24.1 Å². The van der Waals surface area contributed by atoms with Gasteiger partial charge >= 0.3 is 0 Å². The maximum Gasteiger partial charge on any atom is 0.286 e. The number of aliphatic carboxylic acids is 1. The van der Waals surface area contributed by atoms with Crippen molar-refractivity contribution >= 4 is 28.9 Å². The van der Waals surface area contributed by atoms with Gasteiger partial charge in [0.05, 0.1) is 5.97 Å². The molecule has 0 spiro atoms. The van der Waals surface area contributed by atoms with Crippen molar-refractivity contribution in [2.75, 3.05) is 11.3 Å². The van der Waals surface area contributed by atoms with Gasteiger partial charge in [-0.1, -0.05) is 5.16 Å². The van der Waals surface area contributed by atoms with Gasteiger partial charge in [-0.15, -0.1) is 4.72 Å². The van der Waals surface area contributed by atoms with E-state index in [0.717, 1.165) is 5.51 Å². The second kappa shape index (κ2) is 6.54. The Morgan fingerprint density at radius 1 is 1.72 bits per heavy atom. The van der Waals surface area contributed by atoms with Gasteiger partial charge in [0, 0.05) is 4.37 Å². The molecule has 1 aromatic rings. The molecule has 1 rings (SSSR count). The standard InChI is InChI=1S/C7H6F2N4O4S/c8-4(9)1-17-12-5(7(15)16)6-10-3-18(13-6)11-2-14/h2-4H,1H2,(H,15,16). The van der Waals surface area contributed by atoms with Crippen LogP contribution in [0.1, 0.15) is 5.82 Å². The zero-order valence-electron chi connectivity index (χ0n) is 8.58. The molecule has 1 amide bonds. The number of carbonyl (C=O) groups is 2. The zero-order chi connectivity index (χ0) is 13.5. The van der Waals surface area contributed by atoms with Gasteiger partial charge in [-0.3, -0.25) is 4.79 Å². The highest BCUT2D eigenvalue weighted by molar-refractivity contribution is 7.27. The first kappa shape index (κ1) is 13.9. The lowest BCUT2D eigenvalue weighted by atomic mass is 10.4. The maximum atomic E-state index is 11.8. The minimum atomic E-state index is -2.79. The molecule has 1 aromatic heterocycles. The number of alkyl halides is 2. The first-order valence-corrected chi connectivity index (χ1v) is 5.54. The van der Waals surface area contributed by atoms with E-state index in [1.54, 1.807) is 0 Å². The number of carboxylic acids is 1. The fraction of sp³-hybridized carbons (Fsp3) is 0.286. The number of hydrogen-bond donors (Lipinski definition) is 1. The van der Waals surface area contributed by atoms with Crippen LogP contribution in [-0.2, 0) is 14.4 Å². The van der Waals surface area contributed by atoms with Crippen molar-refractivity contribution in [1.29, 1.82) is 0 Å². The fourth-order valence-corrected chi connectivity index (χ4v) is 1.56. The summed E-state index contributed by atoms with van der Waals surface area (Å²) in [5.74, 6) is -2.15. The third kappa shape index (κ3) is 4.01. The lowest BCUT2D eigenvalue weighted by molar-refractivity contribution is -0.294. The molecule has 8 nitrogen and oxygen atoms in total. The molecule has 1 N–H and O–H groups in total. The molecule has 18 heavy (non-hydrogen) atoms. The van der Waals surface area contributed by atoms with E-state index in [0.29, 0.717) is 6.41 Å². The number of hydrogen-bond acceptors (Lipinski definition) is 7. The average Bonchev–Trinajstić information content (AvgIpc) is 2.72. The lowest BCUT2D eigenvalue weighted by Gasteiger charge is -2.02. The molecule has 0 radical (unpaired) electrons. The smallest absolute Gasteiger partial charge is 0.286 e. The second-order valence-corrected chi connectivity index (χ2v) is 3.87. The third-order valence-electron chi connectivity index (χ3n) is 1.39. The van der Waals surface area contributed by atoms with Crippen LogP contribution < -0.4 is 9.83 Å². The lowest BCUT2D eigenvalue weighted by Crippen LogP contribution is -2.33. The number of nitrogens with one attached hydrogen (secondary N) is 1. The Balaban J connectivity index is 2.83. The minimum absolute atomic E-state index is 0.352. The summed E-state index contributed by atoms with van der Waals surface area (Å²) in [6, 6.07) is 0. The first-order valence-electron chi connectivity index (χ1n) is 4.30. The second-order valence-electron chi connectivity index (χ2n) is 2.61. The highest BCUT2D eigenvalue weighted by Gasteiger charge is 2.18. The number of oxime groups is 1. The Morgan fingerprint density at radius 3 is 3.00 bits per heavy atom. The first-order chi connectivity index (χ1) is 8.54. The maximum absolute atomic E-state index is 11.8. The molecule has 0 saturated heterocycles. The number of carboxylic acid groups (broad SMARTS) is 1. The van der Waals surface area contributed by atoms with Crippen LogP contribution in [0.2, 0.25) is 0 Å². The molecular formula is C7H6F2N4O4S. The molecule has 0 aliphatic heterocycles. The predicted octanol–water partition coefficient (Wildman–Crippen LogP) is -1.34. The third-order valence-corrected chi connectivity index (χ3v) is 2.40. The normalized spacial score (nSPS) is 12.4. The monoisotopic (exact) mass is 280 g/mol. The molecule has 1 atom stereocenters. The number of nitrogens with zero attached hydrogens (tertiary/aromatic N) is 3. The quantitative estimate of drug-likeness (QED) is 0.286. The van der Waals surface area contributed by atoms with Crippen LogP contribution in [0.4, 0.5) is 8.78 Å². The molecule has 98 valence electrons. The summed E-state index contributed by atoms with van der Waals surface area (Å²) in [4.78, 5) is 28.4. The average molecular weight is 280 g/mol. The van der Waals surface area contributed by atoms with Crippen molar-refractivity contribution in [2.24, 2.45) is 5.16 Å². The Morgan fingerprint density at radius 2 is 2.44 bits per heavy atom. The van der Waals surface area contributed by atoms with Crippen LogP contribution >= 0.6 is 10.9 Å². The van der Waals surface area contributed by atoms with E-state index in [-0.39, 0.29) is 5.82 Å². The number of rotatable bonds is 7. The van der Waals surface area contributed by atoms with Crippen LogP contribution in [0.15, 0.2) is 10.7 Å². The Kier molecular flexibility index (Phi) is 5.05. The van der Waals surface area contributed by atoms with E-state index in [1.807, 2.05) is 0 Å². The molecule has 0 aliphatic carbocycles. The fourth-order valence-electron chi connectivity index (χ4n) is 0.778. The van der Waals surface area contributed by atoms with Crippen molar-refractivity contribution in [3.05, 3.63) is 11.3 Å². The van der Waals surface area contributed by atoms with Gasteiger partial charge in [0.25, 0.3) is 18.3 Å². The molecule has 0 aromatic carbocycles. The van der Waals surface area contributed by atoms with Crippen molar-refractivity contribution in [3.8, 4) is 0 Å². The Bertz CT molecular complexity index is 464. The van der Waals surface area contributed by atoms with Gasteiger partial charge < -0.3 is 14.7 Å².